The third-order valence-electron chi connectivity index (χ3n) is 2.58. The maximum Gasteiger partial charge on any atom is 0.0622 e. The quantitative estimate of drug-likeness (QED) is 0.643. The third kappa shape index (κ3) is 8.64. The van der Waals surface area contributed by atoms with Gasteiger partial charge in [0.1, 0.15) is 0 Å². The van der Waals surface area contributed by atoms with E-state index >= 15 is 0 Å². The van der Waals surface area contributed by atoms with Crippen LogP contribution in [-0.2, 0) is 4.74 Å². The van der Waals surface area contributed by atoms with Crippen molar-refractivity contribution in [3.8, 4) is 0 Å². The lowest BCUT2D eigenvalue weighted by atomic mass is 9.99. The van der Waals surface area contributed by atoms with Crippen LogP contribution in [0, 0.1) is 6.08 Å². The molecule has 2 heteroatoms. The van der Waals surface area contributed by atoms with E-state index in [1.165, 1.54) is 12.0 Å². The average Bonchev–Trinajstić information content (AvgIpc) is 2.14. The number of ether oxygens (including phenoxy) is 1. The minimum atomic E-state index is 0.0157. The largest absolute Gasteiger partial charge is 0.379 e. The van der Waals surface area contributed by atoms with E-state index in [1.54, 1.807) is 7.11 Å². The Morgan fingerprint density at radius 2 is 1.93 bits per heavy atom. The van der Waals surface area contributed by atoms with Gasteiger partial charge in [-0.25, -0.2) is 0 Å². The van der Waals surface area contributed by atoms with Gasteiger partial charge in [0.05, 0.1) is 5.60 Å². The van der Waals surface area contributed by atoms with Crippen molar-refractivity contribution in [1.29, 1.82) is 0 Å². The molecule has 0 N–H and O–H groups in total. The van der Waals surface area contributed by atoms with Crippen LogP contribution >= 0.6 is 0 Å². The Bertz CT molecular complexity index is 195. The SMILES string of the molecule is COC(C)(C)CCC/C(C)=[C]/CN(C)C. The maximum absolute atomic E-state index is 5.38. The molecule has 89 valence electrons. The Labute approximate surface area is 95.3 Å². The zero-order chi connectivity index (χ0) is 11.9. The van der Waals surface area contributed by atoms with Crippen molar-refractivity contribution in [3.63, 3.8) is 0 Å². The zero-order valence-corrected chi connectivity index (χ0v) is 11.2. The molecule has 0 spiro atoms. The van der Waals surface area contributed by atoms with Gasteiger partial charge in [-0.3, -0.25) is 0 Å². The highest BCUT2D eigenvalue weighted by Crippen LogP contribution is 2.18. The van der Waals surface area contributed by atoms with Crippen molar-refractivity contribution < 1.29 is 4.74 Å². The van der Waals surface area contributed by atoms with Crippen molar-refractivity contribution in [3.05, 3.63) is 11.6 Å². The van der Waals surface area contributed by atoms with E-state index in [1.807, 2.05) is 0 Å². The summed E-state index contributed by atoms with van der Waals surface area (Å²) >= 11 is 0. The Hall–Kier alpha value is -0.340. The van der Waals surface area contributed by atoms with Crippen LogP contribution in [-0.4, -0.2) is 38.3 Å². The van der Waals surface area contributed by atoms with Crippen LogP contribution in [0.5, 0.6) is 0 Å². The topological polar surface area (TPSA) is 12.5 Å². The fourth-order valence-electron chi connectivity index (χ4n) is 1.26. The molecular formula is C13H26NO. The molecule has 0 amide bonds. The van der Waals surface area contributed by atoms with Crippen molar-refractivity contribution in [1.82, 2.24) is 4.90 Å². The number of likely N-dealkylation sites (N-methyl/N-ethyl adjacent to an activating group) is 1. The molecular weight excluding hydrogens is 186 g/mol. The molecule has 0 fully saturated rings. The van der Waals surface area contributed by atoms with Crippen molar-refractivity contribution in [2.75, 3.05) is 27.7 Å². The van der Waals surface area contributed by atoms with Gasteiger partial charge in [0.25, 0.3) is 0 Å². The van der Waals surface area contributed by atoms with Crippen molar-refractivity contribution >= 4 is 0 Å². The molecule has 2 nitrogen and oxygen atoms in total. The molecule has 1 radical (unpaired) electrons. The van der Waals surface area contributed by atoms with Crippen LogP contribution < -0.4 is 0 Å². The van der Waals surface area contributed by atoms with Crippen LogP contribution in [0.25, 0.3) is 0 Å². The summed E-state index contributed by atoms with van der Waals surface area (Å²) in [6.07, 6.45) is 6.79. The minimum absolute atomic E-state index is 0.0157. The van der Waals surface area contributed by atoms with Gasteiger partial charge in [-0.15, -0.1) is 0 Å². The second-order valence-electron chi connectivity index (χ2n) is 5.01. The fraction of sp³-hybridized carbons (Fsp3) is 0.846. The predicted molar refractivity (Wildman–Crippen MR) is 65.9 cm³/mol. The Morgan fingerprint density at radius 1 is 1.33 bits per heavy atom. The Morgan fingerprint density at radius 3 is 2.40 bits per heavy atom. The molecule has 15 heavy (non-hydrogen) atoms. The summed E-state index contributed by atoms with van der Waals surface area (Å²) in [5, 5.41) is 0. The van der Waals surface area contributed by atoms with Gasteiger partial charge in [-0.05, 0) is 60.2 Å². The normalized spacial score (nSPS) is 13.7. The van der Waals surface area contributed by atoms with Crippen LogP contribution in [0.3, 0.4) is 0 Å². The first-order valence-corrected chi connectivity index (χ1v) is 5.63. The average molecular weight is 212 g/mol. The zero-order valence-electron chi connectivity index (χ0n) is 11.2. The smallest absolute Gasteiger partial charge is 0.0622 e. The standard InChI is InChI=1S/C13H26NO/c1-12(9-11-14(4)5)8-7-10-13(2,3)15-6/h7-8,10-11H2,1-6H3. The Balaban J connectivity index is 3.72. The minimum Gasteiger partial charge on any atom is -0.379 e. The number of hydrogen-bond acceptors (Lipinski definition) is 2. The first kappa shape index (κ1) is 14.7. The number of hydrogen-bond donors (Lipinski definition) is 0. The molecule has 0 aliphatic carbocycles. The number of methoxy groups -OCH3 is 1. The highest BCUT2D eigenvalue weighted by atomic mass is 16.5. The van der Waals surface area contributed by atoms with Gasteiger partial charge in [-0.1, -0.05) is 5.57 Å². The summed E-state index contributed by atoms with van der Waals surface area (Å²) in [6.45, 7) is 7.34. The van der Waals surface area contributed by atoms with E-state index in [2.05, 4.69) is 45.8 Å². The molecule has 0 saturated heterocycles. The molecule has 0 aromatic rings. The van der Waals surface area contributed by atoms with Crippen LogP contribution in [0.1, 0.15) is 40.0 Å². The maximum atomic E-state index is 5.38. The molecule has 0 aliphatic heterocycles. The van der Waals surface area contributed by atoms with E-state index in [0.717, 1.165) is 19.4 Å². The molecule has 0 aliphatic rings. The van der Waals surface area contributed by atoms with Gasteiger partial charge in [-0.2, -0.15) is 0 Å². The predicted octanol–water partition coefficient (Wildman–Crippen LogP) is 2.89. The first-order valence-electron chi connectivity index (χ1n) is 5.63. The van der Waals surface area contributed by atoms with Crippen LogP contribution in [0.4, 0.5) is 0 Å². The molecule has 0 atom stereocenters. The summed E-state index contributed by atoms with van der Waals surface area (Å²) in [7, 11) is 5.91. The lowest BCUT2D eigenvalue weighted by Crippen LogP contribution is -2.21. The lowest BCUT2D eigenvalue weighted by Gasteiger charge is -2.22. The number of rotatable bonds is 7. The van der Waals surface area contributed by atoms with Gasteiger partial charge >= 0.3 is 0 Å². The van der Waals surface area contributed by atoms with Crippen molar-refractivity contribution in [2.45, 2.75) is 45.6 Å². The second-order valence-corrected chi connectivity index (χ2v) is 5.01. The molecule has 0 aromatic heterocycles. The highest BCUT2D eigenvalue weighted by molar-refractivity contribution is 4.93. The lowest BCUT2D eigenvalue weighted by molar-refractivity contribution is 0.0140. The van der Waals surface area contributed by atoms with Crippen LogP contribution in [0.2, 0.25) is 0 Å². The molecule has 0 unspecified atom stereocenters. The third-order valence-corrected chi connectivity index (χ3v) is 2.58. The first-order chi connectivity index (χ1) is 6.87. The number of allylic oxidation sites excluding steroid dienone is 1. The van der Waals surface area contributed by atoms with Gasteiger partial charge in [0, 0.05) is 13.7 Å². The molecule has 0 rings (SSSR count). The van der Waals surface area contributed by atoms with Gasteiger partial charge in [0.2, 0.25) is 0 Å². The van der Waals surface area contributed by atoms with Gasteiger partial charge < -0.3 is 9.64 Å². The monoisotopic (exact) mass is 212 g/mol. The highest BCUT2D eigenvalue weighted by Gasteiger charge is 2.14. The van der Waals surface area contributed by atoms with E-state index in [4.69, 9.17) is 4.74 Å². The summed E-state index contributed by atoms with van der Waals surface area (Å²) in [6, 6.07) is 0. The molecule has 0 bridgehead atoms. The van der Waals surface area contributed by atoms with Gasteiger partial charge in [0.15, 0.2) is 0 Å². The molecule has 0 heterocycles. The second kappa shape index (κ2) is 7.02. The fourth-order valence-corrected chi connectivity index (χ4v) is 1.26. The van der Waals surface area contributed by atoms with E-state index in [0.29, 0.717) is 0 Å². The molecule has 0 saturated carbocycles. The van der Waals surface area contributed by atoms with E-state index in [9.17, 15) is 0 Å². The number of nitrogens with zero attached hydrogens (tertiary/aromatic N) is 1. The summed E-state index contributed by atoms with van der Waals surface area (Å²) < 4.78 is 5.38. The summed E-state index contributed by atoms with van der Waals surface area (Å²) in [4.78, 5) is 2.13. The van der Waals surface area contributed by atoms with Crippen molar-refractivity contribution in [2.24, 2.45) is 0 Å². The molecule has 0 aromatic carbocycles. The van der Waals surface area contributed by atoms with E-state index < -0.39 is 0 Å². The summed E-state index contributed by atoms with van der Waals surface area (Å²) in [5.74, 6) is 0. The Kier molecular flexibility index (Phi) is 6.86. The summed E-state index contributed by atoms with van der Waals surface area (Å²) in [5.41, 5.74) is 1.37. The van der Waals surface area contributed by atoms with E-state index in [-0.39, 0.29) is 5.60 Å². The van der Waals surface area contributed by atoms with Crippen LogP contribution in [0.15, 0.2) is 5.57 Å².